The minimum absolute atomic E-state index is 0.0267. The van der Waals surface area contributed by atoms with Gasteiger partial charge in [0.2, 0.25) is 17.7 Å². The summed E-state index contributed by atoms with van der Waals surface area (Å²) in [5.74, 6) is 0.372. The number of piperidine rings is 1. The quantitative estimate of drug-likeness (QED) is 0.195. The molecule has 2 aliphatic rings. The van der Waals surface area contributed by atoms with Crippen LogP contribution in [0.15, 0.2) is 0 Å². The molecule has 2 aliphatic heterocycles. The van der Waals surface area contributed by atoms with Gasteiger partial charge in [0.25, 0.3) is 0 Å². The summed E-state index contributed by atoms with van der Waals surface area (Å²) in [6.45, 7) is 7.02. The van der Waals surface area contributed by atoms with E-state index in [1.807, 2.05) is 13.8 Å². The van der Waals surface area contributed by atoms with E-state index in [1.165, 1.54) is 24.2 Å². The predicted octanol–water partition coefficient (Wildman–Crippen LogP) is 3.40. The van der Waals surface area contributed by atoms with Crippen LogP contribution < -0.4 is 16.4 Å². The molecule has 2 rings (SSSR count). The molecule has 3 atom stereocenters. The highest BCUT2D eigenvalue weighted by atomic mass is 16.2. The molecule has 0 aliphatic carbocycles. The number of piperazine rings is 1. The van der Waals surface area contributed by atoms with E-state index >= 15 is 0 Å². The number of Topliss-reactive ketones (excluding diaryl/α,β-unsaturated/α-hetero) is 1. The van der Waals surface area contributed by atoms with E-state index in [0.29, 0.717) is 25.3 Å². The van der Waals surface area contributed by atoms with Crippen LogP contribution >= 0.6 is 0 Å². The largest absolute Gasteiger partial charge is 0.354 e. The average molecular weight is 564 g/mol. The van der Waals surface area contributed by atoms with Crippen LogP contribution in [-0.4, -0.2) is 85.2 Å². The zero-order valence-corrected chi connectivity index (χ0v) is 25.6. The first kappa shape index (κ1) is 34.2. The number of ketones is 1. The molecule has 0 aromatic rings. The smallest absolute Gasteiger partial charge is 0.246 e. The molecule has 40 heavy (non-hydrogen) atoms. The van der Waals surface area contributed by atoms with Crippen LogP contribution in [0.2, 0.25) is 0 Å². The van der Waals surface area contributed by atoms with Gasteiger partial charge in [0, 0.05) is 25.9 Å². The Labute approximate surface area is 242 Å². The predicted molar refractivity (Wildman–Crippen MR) is 160 cm³/mol. The summed E-state index contributed by atoms with van der Waals surface area (Å²) in [6.07, 6.45) is 14.3. The second kappa shape index (κ2) is 19.2. The molecule has 0 aromatic carbocycles. The lowest BCUT2D eigenvalue weighted by atomic mass is 9.90. The first-order chi connectivity index (χ1) is 19.3. The zero-order valence-electron chi connectivity index (χ0n) is 25.6. The number of likely N-dealkylation sites (N-methyl/N-ethyl adjacent to an activating group) is 1. The van der Waals surface area contributed by atoms with E-state index in [1.54, 1.807) is 11.9 Å². The highest BCUT2D eigenvalue weighted by molar-refractivity contribution is 5.98. The van der Waals surface area contributed by atoms with Gasteiger partial charge in [-0.25, -0.2) is 0 Å². The molecule has 4 N–H and O–H groups in total. The van der Waals surface area contributed by atoms with Crippen molar-refractivity contribution in [3.63, 3.8) is 0 Å². The molecule has 9 nitrogen and oxygen atoms in total. The normalized spacial score (nSPS) is 20.1. The highest BCUT2D eigenvalue weighted by Crippen LogP contribution is 2.24. The summed E-state index contributed by atoms with van der Waals surface area (Å²) >= 11 is 0. The number of amides is 3. The van der Waals surface area contributed by atoms with Crippen molar-refractivity contribution in [2.45, 2.75) is 122 Å². The number of nitrogens with two attached hydrogens (primary N) is 1. The Morgan fingerprint density at radius 2 is 1.60 bits per heavy atom. The van der Waals surface area contributed by atoms with E-state index in [9.17, 15) is 19.2 Å². The Bertz CT molecular complexity index is 786. The first-order valence-corrected chi connectivity index (χ1v) is 16.1. The molecule has 9 heteroatoms. The van der Waals surface area contributed by atoms with Gasteiger partial charge in [-0.15, -0.1) is 0 Å². The second-order valence-electron chi connectivity index (χ2n) is 12.0. The Morgan fingerprint density at radius 3 is 2.23 bits per heavy atom. The number of carbonyl (C=O) groups excluding carboxylic acids is 4. The molecule has 2 heterocycles. The third-order valence-corrected chi connectivity index (χ3v) is 8.89. The molecular weight excluding hydrogens is 506 g/mol. The molecule has 0 aromatic heterocycles. The van der Waals surface area contributed by atoms with Gasteiger partial charge in [-0.05, 0) is 70.5 Å². The minimum Gasteiger partial charge on any atom is -0.354 e. The Hall–Kier alpha value is -2.00. The van der Waals surface area contributed by atoms with E-state index in [4.69, 9.17) is 5.73 Å². The fraction of sp³-hybridized carbons (Fsp3) is 0.871. The molecule has 230 valence electrons. The molecule has 0 radical (unpaired) electrons. The summed E-state index contributed by atoms with van der Waals surface area (Å²) < 4.78 is 0. The molecule has 2 saturated heterocycles. The number of nitrogens with one attached hydrogen (secondary N) is 2. The van der Waals surface area contributed by atoms with Crippen LogP contribution in [0, 0.1) is 11.8 Å². The lowest BCUT2D eigenvalue weighted by molar-refractivity contribution is -0.161. The monoisotopic (exact) mass is 563 g/mol. The summed E-state index contributed by atoms with van der Waals surface area (Å²) in [5, 5.41) is 6.36. The van der Waals surface area contributed by atoms with Crippen LogP contribution in [-0.2, 0) is 19.2 Å². The minimum atomic E-state index is -0.634. The van der Waals surface area contributed by atoms with Crippen LogP contribution in [0.5, 0.6) is 0 Å². The van der Waals surface area contributed by atoms with Crippen molar-refractivity contribution < 1.29 is 19.2 Å². The molecule has 3 amide bonds. The number of hydrogen-bond acceptors (Lipinski definition) is 6. The third-order valence-electron chi connectivity index (χ3n) is 8.89. The number of nitrogens with zero attached hydrogens (tertiary/aromatic N) is 2. The highest BCUT2D eigenvalue weighted by Gasteiger charge is 2.43. The Morgan fingerprint density at radius 1 is 0.975 bits per heavy atom. The van der Waals surface area contributed by atoms with Crippen LogP contribution in [0.4, 0.5) is 0 Å². The summed E-state index contributed by atoms with van der Waals surface area (Å²) in [6, 6.07) is -1.16. The van der Waals surface area contributed by atoms with Crippen LogP contribution in [0.25, 0.3) is 0 Å². The van der Waals surface area contributed by atoms with E-state index in [-0.39, 0.29) is 36.1 Å². The second-order valence-corrected chi connectivity index (χ2v) is 12.0. The van der Waals surface area contributed by atoms with Gasteiger partial charge >= 0.3 is 0 Å². The number of hydrogen-bond donors (Lipinski definition) is 3. The first-order valence-electron chi connectivity index (χ1n) is 16.1. The fourth-order valence-electron chi connectivity index (χ4n) is 6.01. The summed E-state index contributed by atoms with van der Waals surface area (Å²) in [4.78, 5) is 54.7. The van der Waals surface area contributed by atoms with Crippen molar-refractivity contribution in [3.05, 3.63) is 0 Å². The number of carbonyl (C=O) groups is 4. The average Bonchev–Trinajstić information content (AvgIpc) is 2.96. The van der Waals surface area contributed by atoms with Gasteiger partial charge in [0.15, 0.2) is 0 Å². The fourth-order valence-corrected chi connectivity index (χ4v) is 6.01. The van der Waals surface area contributed by atoms with Gasteiger partial charge in [0.1, 0.15) is 24.4 Å². The maximum absolute atomic E-state index is 13.4. The molecule has 1 unspecified atom stereocenters. The molecular formula is C31H57N5O4. The van der Waals surface area contributed by atoms with E-state index in [0.717, 1.165) is 83.7 Å². The van der Waals surface area contributed by atoms with Crippen molar-refractivity contribution in [2.24, 2.45) is 17.6 Å². The van der Waals surface area contributed by atoms with Crippen molar-refractivity contribution in [1.29, 1.82) is 0 Å². The standard InChI is InChI=1S/C31H57N5O4/c1-4-24(2)29-31(40)36(23-28(38)35(29)3)26(15-12-13-19-32)30(39)34-20-14-10-8-6-5-7-9-11-16-27(37)25-17-21-33-22-18-25/h24-26,29,33H,4-23,32H2,1-3H3,(H,34,39)/t24-,26-,29?/m0/s1. The molecule has 0 saturated carbocycles. The van der Waals surface area contributed by atoms with Crippen molar-refractivity contribution in [1.82, 2.24) is 20.4 Å². The van der Waals surface area contributed by atoms with Gasteiger partial charge in [-0.1, -0.05) is 58.8 Å². The Kier molecular flexibility index (Phi) is 16.4. The summed E-state index contributed by atoms with van der Waals surface area (Å²) in [5.41, 5.74) is 5.67. The van der Waals surface area contributed by atoms with Gasteiger partial charge in [0.05, 0.1) is 0 Å². The SMILES string of the molecule is CC[C@H](C)C1C(=O)N([C@@H](CCCCN)C(=O)NCCCCCCCCCCC(=O)C2CCNCC2)CC(=O)N1C. The number of unbranched alkanes of at least 4 members (excludes halogenated alkanes) is 8. The van der Waals surface area contributed by atoms with E-state index < -0.39 is 12.1 Å². The molecule has 0 bridgehead atoms. The molecule has 0 spiro atoms. The third kappa shape index (κ3) is 11.1. The van der Waals surface area contributed by atoms with Gasteiger partial charge in [-0.2, -0.15) is 0 Å². The lowest BCUT2D eigenvalue weighted by Crippen LogP contribution is -2.64. The lowest BCUT2D eigenvalue weighted by Gasteiger charge is -2.43. The maximum atomic E-state index is 13.4. The Balaban J connectivity index is 1.66. The van der Waals surface area contributed by atoms with Crippen molar-refractivity contribution >= 4 is 23.5 Å². The van der Waals surface area contributed by atoms with Gasteiger partial charge in [-0.3, -0.25) is 19.2 Å². The van der Waals surface area contributed by atoms with Crippen LogP contribution in [0.1, 0.15) is 110 Å². The van der Waals surface area contributed by atoms with Crippen molar-refractivity contribution in [3.8, 4) is 0 Å². The summed E-state index contributed by atoms with van der Waals surface area (Å²) in [7, 11) is 1.69. The van der Waals surface area contributed by atoms with Crippen molar-refractivity contribution in [2.75, 3.05) is 39.8 Å². The maximum Gasteiger partial charge on any atom is 0.246 e. The van der Waals surface area contributed by atoms with Gasteiger partial charge < -0.3 is 26.2 Å². The van der Waals surface area contributed by atoms with Crippen LogP contribution in [0.3, 0.4) is 0 Å². The number of rotatable bonds is 20. The molecule has 2 fully saturated rings. The zero-order chi connectivity index (χ0) is 29.3. The van der Waals surface area contributed by atoms with E-state index in [2.05, 4.69) is 10.6 Å². The topological polar surface area (TPSA) is 125 Å².